The molecule has 142 valence electrons. The van der Waals surface area contributed by atoms with Crippen molar-refractivity contribution in [2.75, 3.05) is 6.61 Å². The first-order chi connectivity index (χ1) is 13.5. The Balaban J connectivity index is 1.80. The molecule has 0 radical (unpaired) electrons. The normalized spacial score (nSPS) is 10.3. The molecule has 3 rings (SSSR count). The van der Waals surface area contributed by atoms with Crippen LogP contribution in [0.5, 0.6) is 17.2 Å². The van der Waals surface area contributed by atoms with Crippen molar-refractivity contribution in [3.05, 3.63) is 85.1 Å². The molecule has 1 aromatic heterocycles. The SMILES string of the molecule is N#Cc1cc(Cl)cc(Oc2cc(Cl)ccc2OCCn2c(=O)cc[nH]c2=O)c1. The quantitative estimate of drug-likeness (QED) is 0.660. The summed E-state index contributed by atoms with van der Waals surface area (Å²) in [6.45, 7) is 0.0941. The second-order valence-electron chi connectivity index (χ2n) is 5.60. The lowest BCUT2D eigenvalue weighted by Crippen LogP contribution is -2.35. The highest BCUT2D eigenvalue weighted by Crippen LogP contribution is 2.35. The summed E-state index contributed by atoms with van der Waals surface area (Å²) in [5.74, 6) is 0.989. The van der Waals surface area contributed by atoms with Crippen molar-refractivity contribution in [1.29, 1.82) is 5.26 Å². The fourth-order valence-electron chi connectivity index (χ4n) is 2.40. The summed E-state index contributed by atoms with van der Waals surface area (Å²) in [4.78, 5) is 25.9. The summed E-state index contributed by atoms with van der Waals surface area (Å²) in [6, 6.07) is 12.6. The number of H-pyrrole nitrogens is 1. The minimum atomic E-state index is -0.522. The van der Waals surface area contributed by atoms with Crippen LogP contribution >= 0.6 is 23.2 Å². The summed E-state index contributed by atoms with van der Waals surface area (Å²) in [5.41, 5.74) is -0.607. The van der Waals surface area contributed by atoms with Gasteiger partial charge in [-0.1, -0.05) is 23.2 Å². The Bertz CT molecular complexity index is 1140. The van der Waals surface area contributed by atoms with E-state index in [1.807, 2.05) is 6.07 Å². The number of nitriles is 1. The van der Waals surface area contributed by atoms with Crippen molar-refractivity contribution in [3.63, 3.8) is 0 Å². The minimum Gasteiger partial charge on any atom is -0.488 e. The second-order valence-corrected chi connectivity index (χ2v) is 6.47. The monoisotopic (exact) mass is 417 g/mol. The average Bonchev–Trinajstić information content (AvgIpc) is 2.65. The number of nitrogens with one attached hydrogen (secondary N) is 1. The van der Waals surface area contributed by atoms with Crippen LogP contribution in [-0.2, 0) is 6.54 Å². The first kappa shape index (κ1) is 19.5. The van der Waals surface area contributed by atoms with Gasteiger partial charge in [-0.15, -0.1) is 0 Å². The number of rotatable bonds is 6. The number of benzene rings is 2. The zero-order valence-corrected chi connectivity index (χ0v) is 15.8. The zero-order valence-electron chi connectivity index (χ0n) is 14.3. The Hall–Kier alpha value is -3.21. The summed E-state index contributed by atoms with van der Waals surface area (Å²) in [7, 11) is 0. The molecule has 0 aliphatic carbocycles. The van der Waals surface area contributed by atoms with Crippen LogP contribution < -0.4 is 20.7 Å². The van der Waals surface area contributed by atoms with Crippen molar-refractivity contribution in [2.45, 2.75) is 6.54 Å². The molecule has 0 spiro atoms. The molecule has 0 fully saturated rings. The highest BCUT2D eigenvalue weighted by atomic mass is 35.5. The van der Waals surface area contributed by atoms with E-state index in [0.29, 0.717) is 32.9 Å². The van der Waals surface area contributed by atoms with Gasteiger partial charge < -0.3 is 14.5 Å². The van der Waals surface area contributed by atoms with Gasteiger partial charge in [-0.05, 0) is 30.3 Å². The van der Waals surface area contributed by atoms with Crippen molar-refractivity contribution < 1.29 is 9.47 Å². The maximum atomic E-state index is 11.7. The first-order valence-electron chi connectivity index (χ1n) is 8.06. The highest BCUT2D eigenvalue weighted by molar-refractivity contribution is 6.31. The van der Waals surface area contributed by atoms with Crippen LogP contribution in [0.3, 0.4) is 0 Å². The largest absolute Gasteiger partial charge is 0.488 e. The highest BCUT2D eigenvalue weighted by Gasteiger charge is 2.10. The molecule has 0 saturated heterocycles. The van der Waals surface area contributed by atoms with Crippen LogP contribution in [0.15, 0.2) is 58.3 Å². The zero-order chi connectivity index (χ0) is 20.1. The van der Waals surface area contributed by atoms with Gasteiger partial charge in [0, 0.05) is 28.4 Å². The predicted octanol–water partition coefficient (Wildman–Crippen LogP) is 3.59. The third-order valence-electron chi connectivity index (χ3n) is 3.65. The lowest BCUT2D eigenvalue weighted by atomic mass is 10.2. The molecule has 28 heavy (non-hydrogen) atoms. The molecule has 2 aromatic carbocycles. The molecule has 0 amide bonds. The van der Waals surface area contributed by atoms with Crippen LogP contribution in [0.1, 0.15) is 5.56 Å². The summed E-state index contributed by atoms with van der Waals surface area (Å²) in [6.07, 6.45) is 1.29. The summed E-state index contributed by atoms with van der Waals surface area (Å²) in [5, 5.41) is 9.82. The molecule has 9 heteroatoms. The molecular weight excluding hydrogens is 405 g/mol. The third kappa shape index (κ3) is 4.74. The number of halogens is 2. The molecule has 0 aliphatic heterocycles. The topological polar surface area (TPSA) is 97.1 Å². The van der Waals surface area contributed by atoms with Crippen LogP contribution in [0.2, 0.25) is 10.0 Å². The molecular formula is C19H13Cl2N3O4. The van der Waals surface area contributed by atoms with Gasteiger partial charge in [0.15, 0.2) is 11.5 Å². The number of aromatic nitrogens is 2. The van der Waals surface area contributed by atoms with Gasteiger partial charge in [-0.25, -0.2) is 4.79 Å². The molecule has 1 heterocycles. The van der Waals surface area contributed by atoms with E-state index in [0.717, 1.165) is 4.57 Å². The van der Waals surface area contributed by atoms with Crippen LogP contribution in [-0.4, -0.2) is 16.2 Å². The summed E-state index contributed by atoms with van der Waals surface area (Å²) >= 11 is 12.0. The Kier molecular flexibility index (Phi) is 6.04. The van der Waals surface area contributed by atoms with Gasteiger partial charge in [0.1, 0.15) is 12.4 Å². The smallest absolute Gasteiger partial charge is 0.328 e. The molecule has 0 saturated carbocycles. The van der Waals surface area contributed by atoms with E-state index < -0.39 is 11.2 Å². The molecule has 0 unspecified atom stereocenters. The van der Waals surface area contributed by atoms with Gasteiger partial charge in [0.05, 0.1) is 18.2 Å². The lowest BCUT2D eigenvalue weighted by molar-refractivity contribution is 0.281. The molecule has 7 nitrogen and oxygen atoms in total. The number of hydrogen-bond donors (Lipinski definition) is 1. The van der Waals surface area contributed by atoms with Crippen molar-refractivity contribution >= 4 is 23.2 Å². The fraction of sp³-hybridized carbons (Fsp3) is 0.105. The van der Waals surface area contributed by atoms with Crippen molar-refractivity contribution in [3.8, 4) is 23.3 Å². The van der Waals surface area contributed by atoms with E-state index in [1.165, 1.54) is 24.4 Å². The third-order valence-corrected chi connectivity index (χ3v) is 4.10. The van der Waals surface area contributed by atoms with Gasteiger partial charge in [-0.2, -0.15) is 5.26 Å². The van der Waals surface area contributed by atoms with Gasteiger partial charge in [0.25, 0.3) is 5.56 Å². The van der Waals surface area contributed by atoms with E-state index in [-0.39, 0.29) is 13.2 Å². The standard InChI is InChI=1S/C19H13Cl2N3O4/c20-13-1-2-16(27-6-5-24-18(25)3-4-23-19(24)26)17(10-13)28-15-8-12(11-22)7-14(21)9-15/h1-4,7-10H,5-6H2,(H,23,26). The van der Waals surface area contributed by atoms with E-state index in [4.69, 9.17) is 37.9 Å². The number of aromatic amines is 1. The maximum absolute atomic E-state index is 11.7. The Morgan fingerprint density at radius 3 is 2.61 bits per heavy atom. The van der Waals surface area contributed by atoms with Crippen LogP contribution in [0.4, 0.5) is 0 Å². The van der Waals surface area contributed by atoms with E-state index >= 15 is 0 Å². The summed E-state index contributed by atoms with van der Waals surface area (Å²) < 4.78 is 12.5. The van der Waals surface area contributed by atoms with Crippen LogP contribution in [0.25, 0.3) is 0 Å². The second kappa shape index (κ2) is 8.65. The molecule has 0 atom stereocenters. The number of nitrogens with zero attached hydrogens (tertiary/aromatic N) is 2. The van der Waals surface area contributed by atoms with E-state index in [1.54, 1.807) is 24.3 Å². The van der Waals surface area contributed by atoms with Gasteiger partial charge in [-0.3, -0.25) is 9.36 Å². The Labute approximate surface area is 169 Å². The predicted molar refractivity (Wildman–Crippen MR) is 105 cm³/mol. The Morgan fingerprint density at radius 1 is 1.04 bits per heavy atom. The van der Waals surface area contributed by atoms with Crippen molar-refractivity contribution in [1.82, 2.24) is 9.55 Å². The lowest BCUT2D eigenvalue weighted by Gasteiger charge is -2.13. The molecule has 0 bridgehead atoms. The van der Waals surface area contributed by atoms with E-state index in [9.17, 15) is 9.59 Å². The number of ether oxygens (including phenoxy) is 2. The molecule has 1 N–H and O–H groups in total. The minimum absolute atomic E-state index is 0.0456. The van der Waals surface area contributed by atoms with Gasteiger partial charge in [0.2, 0.25) is 0 Å². The van der Waals surface area contributed by atoms with Crippen molar-refractivity contribution in [2.24, 2.45) is 0 Å². The molecule has 0 aliphatic rings. The van der Waals surface area contributed by atoms with Crippen LogP contribution in [0, 0.1) is 11.3 Å². The number of hydrogen-bond acceptors (Lipinski definition) is 5. The van der Waals surface area contributed by atoms with E-state index in [2.05, 4.69) is 4.98 Å². The first-order valence-corrected chi connectivity index (χ1v) is 8.81. The fourth-order valence-corrected chi connectivity index (χ4v) is 2.79. The van der Waals surface area contributed by atoms with Gasteiger partial charge >= 0.3 is 5.69 Å². The maximum Gasteiger partial charge on any atom is 0.328 e. The Morgan fingerprint density at radius 2 is 1.86 bits per heavy atom. The average molecular weight is 418 g/mol. The molecule has 3 aromatic rings.